The first-order valence-corrected chi connectivity index (χ1v) is 5.46. The lowest BCUT2D eigenvalue weighted by Gasteiger charge is -2.03. The minimum Gasteiger partial charge on any atom is -0.478 e. The molecule has 0 aliphatic rings. The van der Waals surface area contributed by atoms with E-state index in [1.165, 1.54) is 16.6 Å². The van der Waals surface area contributed by atoms with Crippen LogP contribution in [0.25, 0.3) is 17.0 Å². The number of nitrogen functional groups attached to an aromatic ring is 1. The molecule has 0 atom stereocenters. The minimum atomic E-state index is -0.970. The molecule has 0 unspecified atom stereocenters. The molecule has 1 aromatic carbocycles. The lowest BCUT2D eigenvalue weighted by Crippen LogP contribution is -1.99. The Morgan fingerprint density at radius 3 is 2.63 bits per heavy atom. The van der Waals surface area contributed by atoms with Gasteiger partial charge in [0.1, 0.15) is 0 Å². The predicted molar refractivity (Wildman–Crippen MR) is 67.6 cm³/mol. The van der Waals surface area contributed by atoms with Crippen molar-refractivity contribution in [2.45, 2.75) is 0 Å². The summed E-state index contributed by atoms with van der Waals surface area (Å²) < 4.78 is 1.52. The third-order valence-corrected chi connectivity index (χ3v) is 2.66. The van der Waals surface area contributed by atoms with Gasteiger partial charge in [0, 0.05) is 17.8 Å². The molecule has 0 aliphatic heterocycles. The smallest absolute Gasteiger partial charge is 0.335 e. The first-order chi connectivity index (χ1) is 9.15. The number of carboxylic acids is 1. The molecule has 0 bridgehead atoms. The van der Waals surface area contributed by atoms with Crippen LogP contribution in [0.3, 0.4) is 0 Å². The summed E-state index contributed by atoms with van der Waals surface area (Å²) in [4.78, 5) is 19.1. The highest BCUT2D eigenvalue weighted by Gasteiger charge is 2.09. The molecule has 94 valence electrons. The Morgan fingerprint density at radius 1 is 1.21 bits per heavy atom. The average Bonchev–Trinajstić information content (AvgIpc) is 2.78. The molecule has 3 rings (SSSR count). The molecule has 0 radical (unpaired) electrons. The van der Waals surface area contributed by atoms with Crippen LogP contribution in [0.1, 0.15) is 10.4 Å². The van der Waals surface area contributed by atoms with E-state index in [2.05, 4.69) is 15.1 Å². The molecule has 2 aromatic heterocycles. The Labute approximate surface area is 107 Å². The number of hydrogen-bond donors (Lipinski definition) is 2. The van der Waals surface area contributed by atoms with E-state index in [4.69, 9.17) is 10.8 Å². The molecule has 19 heavy (non-hydrogen) atoms. The number of anilines is 1. The molecular weight excluding hydrogens is 246 g/mol. The molecule has 0 spiro atoms. The third kappa shape index (κ3) is 1.86. The molecule has 7 nitrogen and oxygen atoms in total. The molecule has 0 amide bonds. The summed E-state index contributed by atoms with van der Waals surface area (Å²) in [6.07, 6.45) is 1.60. The Kier molecular flexibility index (Phi) is 2.38. The van der Waals surface area contributed by atoms with Gasteiger partial charge in [-0.3, -0.25) is 0 Å². The Hall–Kier alpha value is -2.96. The van der Waals surface area contributed by atoms with Crippen LogP contribution in [-0.4, -0.2) is 30.7 Å². The van der Waals surface area contributed by atoms with Gasteiger partial charge >= 0.3 is 5.97 Å². The summed E-state index contributed by atoms with van der Waals surface area (Å²) >= 11 is 0. The highest BCUT2D eigenvalue weighted by molar-refractivity contribution is 5.88. The van der Waals surface area contributed by atoms with E-state index in [0.29, 0.717) is 11.5 Å². The van der Waals surface area contributed by atoms with Crippen molar-refractivity contribution in [2.75, 3.05) is 5.73 Å². The van der Waals surface area contributed by atoms with Crippen molar-refractivity contribution in [3.05, 3.63) is 42.1 Å². The quantitative estimate of drug-likeness (QED) is 0.709. The van der Waals surface area contributed by atoms with Crippen LogP contribution in [-0.2, 0) is 0 Å². The fourth-order valence-electron chi connectivity index (χ4n) is 1.79. The Morgan fingerprint density at radius 2 is 1.95 bits per heavy atom. The van der Waals surface area contributed by atoms with Crippen molar-refractivity contribution in [1.82, 2.24) is 19.6 Å². The van der Waals surface area contributed by atoms with Crippen molar-refractivity contribution >= 4 is 17.6 Å². The summed E-state index contributed by atoms with van der Waals surface area (Å²) in [5.41, 5.74) is 7.09. The van der Waals surface area contributed by atoms with Crippen molar-refractivity contribution in [3.63, 3.8) is 0 Å². The standard InChI is InChI=1S/C12H9N5O2/c13-12-15-9-5-6-14-10(17(9)16-12)7-1-3-8(4-2-7)11(18)19/h1-6H,(H2,13,16)(H,18,19). The number of aromatic nitrogens is 4. The van der Waals surface area contributed by atoms with E-state index >= 15 is 0 Å². The molecule has 7 heteroatoms. The third-order valence-electron chi connectivity index (χ3n) is 2.66. The lowest BCUT2D eigenvalue weighted by molar-refractivity contribution is 0.0697. The van der Waals surface area contributed by atoms with E-state index < -0.39 is 5.97 Å². The zero-order valence-electron chi connectivity index (χ0n) is 9.69. The van der Waals surface area contributed by atoms with Gasteiger partial charge in [-0.15, -0.1) is 5.10 Å². The van der Waals surface area contributed by atoms with Crippen molar-refractivity contribution < 1.29 is 9.90 Å². The number of nitrogens with zero attached hydrogens (tertiary/aromatic N) is 4. The second kappa shape index (κ2) is 4.05. The fourth-order valence-corrected chi connectivity index (χ4v) is 1.79. The number of carboxylic acid groups (broad SMARTS) is 1. The van der Waals surface area contributed by atoms with Gasteiger partial charge < -0.3 is 10.8 Å². The Bertz CT molecular complexity index is 763. The molecule has 2 heterocycles. The van der Waals surface area contributed by atoms with Crippen LogP contribution in [0.2, 0.25) is 0 Å². The molecule has 0 saturated heterocycles. The maximum atomic E-state index is 10.8. The first-order valence-electron chi connectivity index (χ1n) is 5.46. The number of fused-ring (bicyclic) bond motifs is 1. The van der Waals surface area contributed by atoms with E-state index in [1.54, 1.807) is 24.4 Å². The monoisotopic (exact) mass is 255 g/mol. The molecule has 0 fully saturated rings. The largest absolute Gasteiger partial charge is 0.478 e. The van der Waals surface area contributed by atoms with Crippen LogP contribution in [0.15, 0.2) is 36.5 Å². The lowest BCUT2D eigenvalue weighted by atomic mass is 10.1. The SMILES string of the molecule is Nc1nc2ccnc(-c3ccc(C(=O)O)cc3)n2n1. The van der Waals surface area contributed by atoms with E-state index in [9.17, 15) is 4.79 Å². The normalized spacial score (nSPS) is 10.7. The van der Waals surface area contributed by atoms with Crippen LogP contribution >= 0.6 is 0 Å². The Balaban J connectivity index is 2.15. The molecule has 3 aromatic rings. The predicted octanol–water partition coefficient (Wildman–Crippen LogP) is 1.07. The molecular formula is C12H9N5O2. The number of carbonyl (C=O) groups is 1. The summed E-state index contributed by atoms with van der Waals surface area (Å²) in [6, 6.07) is 8.06. The zero-order chi connectivity index (χ0) is 13.4. The average molecular weight is 255 g/mol. The maximum absolute atomic E-state index is 10.8. The van der Waals surface area contributed by atoms with Crippen molar-refractivity contribution in [2.24, 2.45) is 0 Å². The fraction of sp³-hybridized carbons (Fsp3) is 0. The topological polar surface area (TPSA) is 106 Å². The molecule has 3 N–H and O–H groups in total. The summed E-state index contributed by atoms with van der Waals surface area (Å²) in [5, 5.41) is 12.9. The zero-order valence-corrected chi connectivity index (χ0v) is 9.69. The maximum Gasteiger partial charge on any atom is 0.335 e. The summed E-state index contributed by atoms with van der Waals surface area (Å²) in [5.74, 6) is -0.252. The second-order valence-corrected chi connectivity index (χ2v) is 3.89. The van der Waals surface area contributed by atoms with E-state index in [-0.39, 0.29) is 11.5 Å². The number of nitrogens with two attached hydrogens (primary N) is 1. The van der Waals surface area contributed by atoms with E-state index in [0.717, 1.165) is 5.56 Å². The first kappa shape index (κ1) is 11.1. The van der Waals surface area contributed by atoms with Crippen LogP contribution in [0, 0.1) is 0 Å². The number of aromatic carboxylic acids is 1. The van der Waals surface area contributed by atoms with Gasteiger partial charge in [0.05, 0.1) is 5.56 Å². The van der Waals surface area contributed by atoms with Crippen LogP contribution in [0.4, 0.5) is 5.95 Å². The van der Waals surface area contributed by atoms with Gasteiger partial charge in [-0.05, 0) is 12.1 Å². The van der Waals surface area contributed by atoms with Crippen molar-refractivity contribution in [1.29, 1.82) is 0 Å². The molecule has 0 aliphatic carbocycles. The van der Waals surface area contributed by atoms with Gasteiger partial charge in [0.15, 0.2) is 11.5 Å². The van der Waals surface area contributed by atoms with Gasteiger partial charge in [0.25, 0.3) is 0 Å². The second-order valence-electron chi connectivity index (χ2n) is 3.89. The summed E-state index contributed by atoms with van der Waals surface area (Å²) in [6.45, 7) is 0. The van der Waals surface area contributed by atoms with E-state index in [1.807, 2.05) is 0 Å². The minimum absolute atomic E-state index is 0.163. The number of rotatable bonds is 2. The number of benzene rings is 1. The number of hydrogen-bond acceptors (Lipinski definition) is 5. The van der Waals surface area contributed by atoms with Crippen molar-refractivity contribution in [3.8, 4) is 11.4 Å². The molecule has 0 saturated carbocycles. The highest BCUT2D eigenvalue weighted by atomic mass is 16.4. The van der Waals surface area contributed by atoms with Gasteiger partial charge in [-0.25, -0.2) is 9.78 Å². The van der Waals surface area contributed by atoms with Crippen LogP contribution < -0.4 is 5.73 Å². The highest BCUT2D eigenvalue weighted by Crippen LogP contribution is 2.18. The summed E-state index contributed by atoms with van der Waals surface area (Å²) in [7, 11) is 0. The van der Waals surface area contributed by atoms with Gasteiger partial charge in [-0.1, -0.05) is 12.1 Å². The van der Waals surface area contributed by atoms with Crippen LogP contribution in [0.5, 0.6) is 0 Å². The van der Waals surface area contributed by atoms with Gasteiger partial charge in [0.2, 0.25) is 5.95 Å². The van der Waals surface area contributed by atoms with Gasteiger partial charge in [-0.2, -0.15) is 9.50 Å².